The zero-order valence-corrected chi connectivity index (χ0v) is 16.3. The Bertz CT molecular complexity index is 875. The number of ether oxygens (including phenoxy) is 2. The Morgan fingerprint density at radius 1 is 1.04 bits per heavy atom. The number of benzene rings is 2. The summed E-state index contributed by atoms with van der Waals surface area (Å²) < 4.78 is 10.3. The van der Waals surface area contributed by atoms with E-state index in [9.17, 15) is 9.59 Å². The summed E-state index contributed by atoms with van der Waals surface area (Å²) in [7, 11) is 3.17. The molecule has 6 nitrogen and oxygen atoms in total. The van der Waals surface area contributed by atoms with Gasteiger partial charge in [-0.2, -0.15) is 0 Å². The van der Waals surface area contributed by atoms with Crippen LogP contribution in [0.15, 0.2) is 65.9 Å². The number of urea groups is 1. The van der Waals surface area contributed by atoms with E-state index in [1.165, 1.54) is 4.90 Å². The van der Waals surface area contributed by atoms with Crippen LogP contribution in [0.25, 0.3) is 11.1 Å². The van der Waals surface area contributed by atoms with Crippen molar-refractivity contribution in [2.24, 2.45) is 0 Å². The van der Waals surface area contributed by atoms with Crippen LogP contribution in [0.2, 0.25) is 0 Å². The Hall–Kier alpha value is -3.12. The number of carbonyl (C=O) groups excluding carboxylic acids is 2. The summed E-state index contributed by atoms with van der Waals surface area (Å²) in [5, 5.41) is 2.89. The first-order valence-corrected chi connectivity index (χ1v) is 9.09. The van der Waals surface area contributed by atoms with E-state index in [0.717, 1.165) is 16.7 Å². The summed E-state index contributed by atoms with van der Waals surface area (Å²) in [6.45, 7) is 2.22. The molecular weight excluding hydrogens is 356 g/mol. The highest BCUT2D eigenvalue weighted by atomic mass is 16.6. The molecule has 1 heterocycles. The highest BCUT2D eigenvalue weighted by Gasteiger charge is 2.34. The molecule has 0 aliphatic carbocycles. The maximum Gasteiger partial charge on any atom is 0.338 e. The fraction of sp³-hybridized carbons (Fsp3) is 0.273. The van der Waals surface area contributed by atoms with Crippen molar-refractivity contribution in [2.45, 2.75) is 13.0 Å². The lowest BCUT2D eigenvalue weighted by atomic mass is 9.93. The zero-order valence-electron chi connectivity index (χ0n) is 16.3. The lowest BCUT2D eigenvalue weighted by Gasteiger charge is -2.33. The number of esters is 1. The van der Waals surface area contributed by atoms with Gasteiger partial charge in [-0.3, -0.25) is 0 Å². The first kappa shape index (κ1) is 19.6. The first-order valence-electron chi connectivity index (χ1n) is 9.09. The minimum atomic E-state index is -0.566. The molecule has 0 saturated carbocycles. The normalized spacial score (nSPS) is 16.8. The van der Waals surface area contributed by atoms with E-state index >= 15 is 0 Å². The molecule has 1 aliphatic rings. The molecule has 0 bridgehead atoms. The molecule has 1 unspecified atom stereocenters. The molecule has 0 fully saturated rings. The highest BCUT2D eigenvalue weighted by Crippen LogP contribution is 2.31. The average Bonchev–Trinajstić information content (AvgIpc) is 2.72. The van der Waals surface area contributed by atoms with Gasteiger partial charge in [-0.15, -0.1) is 0 Å². The summed E-state index contributed by atoms with van der Waals surface area (Å²) in [6, 6.07) is 17.0. The molecule has 0 saturated heterocycles. The molecule has 2 aromatic carbocycles. The Labute approximate surface area is 164 Å². The largest absolute Gasteiger partial charge is 0.460 e. The predicted molar refractivity (Wildman–Crippen MR) is 106 cm³/mol. The number of nitrogens with zero attached hydrogens (tertiary/aromatic N) is 1. The lowest BCUT2D eigenvalue weighted by molar-refractivity contribution is -0.140. The average molecular weight is 380 g/mol. The summed E-state index contributed by atoms with van der Waals surface area (Å²) in [5.41, 5.74) is 3.98. The van der Waals surface area contributed by atoms with Gasteiger partial charge < -0.3 is 19.7 Å². The molecule has 3 rings (SSSR count). The number of amides is 2. The Morgan fingerprint density at radius 3 is 2.32 bits per heavy atom. The van der Waals surface area contributed by atoms with E-state index in [1.54, 1.807) is 21.1 Å². The second-order valence-corrected chi connectivity index (χ2v) is 6.56. The quantitative estimate of drug-likeness (QED) is 0.615. The summed E-state index contributed by atoms with van der Waals surface area (Å²) in [6.07, 6.45) is 0. The molecule has 146 valence electrons. The van der Waals surface area contributed by atoms with E-state index < -0.39 is 12.0 Å². The number of rotatable bonds is 6. The molecule has 0 radical (unpaired) electrons. The zero-order chi connectivity index (χ0) is 20.1. The molecule has 28 heavy (non-hydrogen) atoms. The van der Waals surface area contributed by atoms with E-state index in [0.29, 0.717) is 17.9 Å². The van der Waals surface area contributed by atoms with Crippen LogP contribution < -0.4 is 5.32 Å². The van der Waals surface area contributed by atoms with Gasteiger partial charge in [0.25, 0.3) is 0 Å². The molecule has 1 aliphatic heterocycles. The van der Waals surface area contributed by atoms with Crippen LogP contribution in [-0.2, 0) is 14.3 Å². The summed E-state index contributed by atoms with van der Waals surface area (Å²) in [4.78, 5) is 26.4. The van der Waals surface area contributed by atoms with Crippen molar-refractivity contribution in [3.63, 3.8) is 0 Å². The van der Waals surface area contributed by atoms with Crippen LogP contribution in [0.5, 0.6) is 0 Å². The molecule has 0 aromatic heterocycles. The van der Waals surface area contributed by atoms with Gasteiger partial charge >= 0.3 is 12.0 Å². The van der Waals surface area contributed by atoms with E-state index in [1.807, 2.05) is 54.6 Å². The van der Waals surface area contributed by atoms with Gasteiger partial charge in [0, 0.05) is 19.9 Å². The highest BCUT2D eigenvalue weighted by molar-refractivity contribution is 5.95. The van der Waals surface area contributed by atoms with Crippen molar-refractivity contribution in [2.75, 3.05) is 27.4 Å². The minimum Gasteiger partial charge on any atom is -0.460 e. The molecule has 6 heteroatoms. The van der Waals surface area contributed by atoms with Gasteiger partial charge in [-0.25, -0.2) is 9.59 Å². The SMILES string of the molecule is COCCOC(=O)C1=C(C)N(C)C(=O)NC1c1ccc(-c2ccccc2)cc1. The molecule has 2 aromatic rings. The maximum absolute atomic E-state index is 12.7. The standard InChI is InChI=1S/C22H24N2O4/c1-15-19(21(25)28-14-13-27-3)20(23-22(26)24(15)2)18-11-9-17(10-12-18)16-7-5-4-6-8-16/h4-12,20H,13-14H2,1-3H3,(H,23,26). The van der Waals surface area contributed by atoms with Crippen molar-refractivity contribution < 1.29 is 19.1 Å². The Kier molecular flexibility index (Phi) is 6.11. The van der Waals surface area contributed by atoms with Crippen LogP contribution in [0, 0.1) is 0 Å². The van der Waals surface area contributed by atoms with E-state index in [-0.39, 0.29) is 12.6 Å². The fourth-order valence-corrected chi connectivity index (χ4v) is 3.14. The molecule has 2 amide bonds. The second-order valence-electron chi connectivity index (χ2n) is 6.56. The van der Waals surface area contributed by atoms with Crippen LogP contribution in [0.3, 0.4) is 0 Å². The summed E-state index contributed by atoms with van der Waals surface area (Å²) >= 11 is 0. The van der Waals surface area contributed by atoms with Crippen molar-refractivity contribution in [1.29, 1.82) is 0 Å². The number of nitrogens with one attached hydrogen (secondary N) is 1. The third-order valence-corrected chi connectivity index (χ3v) is 4.85. The van der Waals surface area contributed by atoms with Crippen molar-refractivity contribution in [3.8, 4) is 11.1 Å². The summed E-state index contributed by atoms with van der Waals surface area (Å²) in [5.74, 6) is -0.460. The van der Waals surface area contributed by atoms with Crippen molar-refractivity contribution in [3.05, 3.63) is 71.4 Å². The van der Waals surface area contributed by atoms with Gasteiger partial charge in [0.1, 0.15) is 6.61 Å². The van der Waals surface area contributed by atoms with Crippen LogP contribution >= 0.6 is 0 Å². The van der Waals surface area contributed by atoms with Gasteiger partial charge in [0.2, 0.25) is 0 Å². The number of hydrogen-bond donors (Lipinski definition) is 1. The number of carbonyl (C=O) groups is 2. The lowest BCUT2D eigenvalue weighted by Crippen LogP contribution is -2.46. The third kappa shape index (κ3) is 4.07. The van der Waals surface area contributed by atoms with Crippen molar-refractivity contribution in [1.82, 2.24) is 10.2 Å². The monoisotopic (exact) mass is 380 g/mol. The topological polar surface area (TPSA) is 67.9 Å². The molecular formula is C22H24N2O4. The van der Waals surface area contributed by atoms with Gasteiger partial charge in [0.15, 0.2) is 0 Å². The second kappa shape index (κ2) is 8.71. The predicted octanol–water partition coefficient (Wildman–Crippen LogP) is 3.51. The van der Waals surface area contributed by atoms with Crippen LogP contribution in [0.4, 0.5) is 4.79 Å². The smallest absolute Gasteiger partial charge is 0.338 e. The molecule has 1 atom stereocenters. The van der Waals surface area contributed by atoms with E-state index in [4.69, 9.17) is 9.47 Å². The minimum absolute atomic E-state index is 0.156. The van der Waals surface area contributed by atoms with Crippen LogP contribution in [-0.4, -0.2) is 44.3 Å². The van der Waals surface area contributed by atoms with E-state index in [2.05, 4.69) is 5.32 Å². The van der Waals surface area contributed by atoms with Crippen molar-refractivity contribution >= 4 is 12.0 Å². The number of methoxy groups -OCH3 is 1. The van der Waals surface area contributed by atoms with Gasteiger partial charge in [-0.1, -0.05) is 54.6 Å². The molecule has 1 N–H and O–H groups in total. The van der Waals surface area contributed by atoms with Gasteiger partial charge in [0.05, 0.1) is 18.2 Å². The first-order chi connectivity index (χ1) is 13.5. The maximum atomic E-state index is 12.7. The Balaban J connectivity index is 1.91. The Morgan fingerprint density at radius 2 is 1.68 bits per heavy atom. The molecule has 0 spiro atoms. The number of allylic oxidation sites excluding steroid dienone is 1. The number of hydrogen-bond acceptors (Lipinski definition) is 4. The van der Waals surface area contributed by atoms with Crippen LogP contribution in [0.1, 0.15) is 18.5 Å². The van der Waals surface area contributed by atoms with Gasteiger partial charge in [-0.05, 0) is 23.6 Å². The fourth-order valence-electron chi connectivity index (χ4n) is 3.14. The third-order valence-electron chi connectivity index (χ3n) is 4.85.